The van der Waals surface area contributed by atoms with Crippen LogP contribution in [0.1, 0.15) is 6.92 Å². The van der Waals surface area contributed by atoms with E-state index in [9.17, 15) is 4.79 Å². The average molecular weight is 112 g/mol. The van der Waals surface area contributed by atoms with Crippen molar-refractivity contribution in [3.63, 3.8) is 0 Å². The predicted molar refractivity (Wildman–Crippen MR) is 31.7 cm³/mol. The molecule has 3 nitrogen and oxygen atoms in total. The van der Waals surface area contributed by atoms with E-state index in [2.05, 4.69) is 0 Å². The van der Waals surface area contributed by atoms with Crippen LogP contribution in [0.25, 0.3) is 0 Å². The van der Waals surface area contributed by atoms with Gasteiger partial charge >= 0.3 is 0 Å². The van der Waals surface area contributed by atoms with Gasteiger partial charge in [-0.05, 0) is 13.0 Å². The van der Waals surface area contributed by atoms with Crippen LogP contribution in [0.2, 0.25) is 0 Å². The third-order valence-corrected chi connectivity index (χ3v) is 0.722. The summed E-state index contributed by atoms with van der Waals surface area (Å²) in [5, 5.41) is 6.52. The molecular formula is C5H8N2O. The lowest BCUT2D eigenvalue weighted by Gasteiger charge is -1.86. The number of carbonyl (C=O) groups is 1. The quantitative estimate of drug-likeness (QED) is 0.385. The van der Waals surface area contributed by atoms with Crippen LogP contribution in [-0.4, -0.2) is 12.1 Å². The third kappa shape index (κ3) is 2.12. The second kappa shape index (κ2) is 2.96. The van der Waals surface area contributed by atoms with Crippen molar-refractivity contribution in [3.05, 3.63) is 11.6 Å². The van der Waals surface area contributed by atoms with Gasteiger partial charge in [0.15, 0.2) is 0 Å². The molecule has 0 rings (SSSR count). The molecule has 0 aliphatic rings. The molecule has 1 amide bonds. The fraction of sp³-hybridized carbons (Fsp3) is 0.200. The van der Waals surface area contributed by atoms with Crippen LogP contribution in [0.3, 0.4) is 0 Å². The molecule has 8 heavy (non-hydrogen) atoms. The second-order valence-corrected chi connectivity index (χ2v) is 1.38. The van der Waals surface area contributed by atoms with Gasteiger partial charge in [0.2, 0.25) is 5.91 Å². The van der Waals surface area contributed by atoms with E-state index in [0.29, 0.717) is 5.57 Å². The van der Waals surface area contributed by atoms with Crippen LogP contribution in [0.5, 0.6) is 0 Å². The lowest BCUT2D eigenvalue weighted by Crippen LogP contribution is -2.11. The Balaban J connectivity index is 3.99. The minimum Gasteiger partial charge on any atom is -0.366 e. The zero-order valence-electron chi connectivity index (χ0n) is 4.64. The fourth-order valence-corrected chi connectivity index (χ4v) is 0.207. The first kappa shape index (κ1) is 6.88. The topological polar surface area (TPSA) is 66.9 Å². The average Bonchev–Trinajstić information content (AvgIpc) is 1.67. The van der Waals surface area contributed by atoms with Crippen molar-refractivity contribution in [2.45, 2.75) is 6.92 Å². The maximum Gasteiger partial charge on any atom is 0.244 e. The van der Waals surface area contributed by atoms with Gasteiger partial charge in [-0.25, -0.2) is 0 Å². The minimum absolute atomic E-state index is 0.403. The van der Waals surface area contributed by atoms with Gasteiger partial charge in [0, 0.05) is 11.8 Å². The zero-order valence-corrected chi connectivity index (χ0v) is 4.64. The first-order valence-electron chi connectivity index (χ1n) is 2.15. The summed E-state index contributed by atoms with van der Waals surface area (Å²) in [5.41, 5.74) is 5.21. The molecule has 0 unspecified atom stereocenters. The number of hydrogen-bond donors (Lipinski definition) is 2. The molecule has 0 atom stereocenters. The zero-order chi connectivity index (χ0) is 6.57. The van der Waals surface area contributed by atoms with Crippen molar-refractivity contribution in [1.29, 1.82) is 5.41 Å². The van der Waals surface area contributed by atoms with Crippen molar-refractivity contribution >= 4 is 12.1 Å². The molecule has 3 heteroatoms. The number of allylic oxidation sites excluding steroid dienone is 1. The Morgan fingerprint density at radius 1 is 1.75 bits per heavy atom. The van der Waals surface area contributed by atoms with Gasteiger partial charge in [0.05, 0.1) is 0 Å². The van der Waals surface area contributed by atoms with Gasteiger partial charge in [-0.3, -0.25) is 4.79 Å². The Hall–Kier alpha value is -1.12. The molecule has 0 spiro atoms. The largest absolute Gasteiger partial charge is 0.366 e. The molecule has 0 saturated carbocycles. The highest BCUT2D eigenvalue weighted by molar-refractivity contribution is 5.95. The Kier molecular flexibility index (Phi) is 2.54. The highest BCUT2D eigenvalue weighted by Gasteiger charge is 1.91. The van der Waals surface area contributed by atoms with E-state index in [0.717, 1.165) is 6.21 Å². The molecule has 0 aromatic heterocycles. The maximum absolute atomic E-state index is 10.1. The van der Waals surface area contributed by atoms with E-state index in [1.165, 1.54) is 6.08 Å². The third-order valence-electron chi connectivity index (χ3n) is 0.722. The van der Waals surface area contributed by atoms with Crippen molar-refractivity contribution in [1.82, 2.24) is 0 Å². The number of carbonyl (C=O) groups excluding carboxylic acids is 1. The molecule has 0 saturated heterocycles. The van der Waals surface area contributed by atoms with Crippen molar-refractivity contribution < 1.29 is 4.79 Å². The number of rotatable bonds is 2. The van der Waals surface area contributed by atoms with Crippen molar-refractivity contribution in [2.75, 3.05) is 0 Å². The Bertz CT molecular complexity index is 137. The van der Waals surface area contributed by atoms with E-state index >= 15 is 0 Å². The molecule has 0 heterocycles. The maximum atomic E-state index is 10.1. The number of nitrogens with two attached hydrogens (primary N) is 1. The van der Waals surface area contributed by atoms with Gasteiger partial charge < -0.3 is 11.1 Å². The summed E-state index contributed by atoms with van der Waals surface area (Å²) in [6, 6.07) is 0. The Labute approximate surface area is 47.7 Å². The van der Waals surface area contributed by atoms with E-state index < -0.39 is 5.91 Å². The monoisotopic (exact) mass is 112 g/mol. The summed E-state index contributed by atoms with van der Waals surface area (Å²) in [7, 11) is 0. The number of nitrogens with one attached hydrogen (secondary N) is 1. The molecule has 0 bridgehead atoms. The molecular weight excluding hydrogens is 104 g/mol. The van der Waals surface area contributed by atoms with E-state index in [-0.39, 0.29) is 0 Å². The van der Waals surface area contributed by atoms with Gasteiger partial charge in [-0.15, -0.1) is 0 Å². The van der Waals surface area contributed by atoms with Crippen molar-refractivity contribution in [3.8, 4) is 0 Å². The molecule has 3 N–H and O–H groups in total. The van der Waals surface area contributed by atoms with E-state index in [1.807, 2.05) is 0 Å². The molecule has 0 aromatic rings. The van der Waals surface area contributed by atoms with Crippen molar-refractivity contribution in [2.24, 2.45) is 5.73 Å². The second-order valence-electron chi connectivity index (χ2n) is 1.38. The van der Waals surface area contributed by atoms with Crippen LogP contribution in [0.4, 0.5) is 0 Å². The standard InChI is InChI=1S/C5H8N2O/c1-4(2-3-6)5(7)8/h2-3,6H,1H3,(H2,7,8). The summed E-state index contributed by atoms with van der Waals surface area (Å²) in [6.45, 7) is 1.56. The summed E-state index contributed by atoms with van der Waals surface area (Å²) in [4.78, 5) is 10.1. The first-order valence-corrected chi connectivity index (χ1v) is 2.15. The number of primary amides is 1. The van der Waals surface area contributed by atoms with Crippen LogP contribution < -0.4 is 5.73 Å². The lowest BCUT2D eigenvalue weighted by atomic mass is 10.3. The van der Waals surface area contributed by atoms with Gasteiger partial charge in [0.25, 0.3) is 0 Å². The van der Waals surface area contributed by atoms with Gasteiger partial charge in [-0.2, -0.15) is 0 Å². The predicted octanol–water partition coefficient (Wildman–Crippen LogP) is 0.0676. The van der Waals surface area contributed by atoms with Crippen LogP contribution in [0.15, 0.2) is 11.6 Å². The van der Waals surface area contributed by atoms with Gasteiger partial charge in [-0.1, -0.05) is 0 Å². The van der Waals surface area contributed by atoms with Crippen LogP contribution >= 0.6 is 0 Å². The highest BCUT2D eigenvalue weighted by Crippen LogP contribution is 1.84. The summed E-state index contributed by atoms with van der Waals surface area (Å²) in [5.74, 6) is -0.478. The minimum atomic E-state index is -0.478. The van der Waals surface area contributed by atoms with Crippen LogP contribution in [0, 0.1) is 5.41 Å². The first-order chi connectivity index (χ1) is 3.68. The molecule has 0 fully saturated rings. The number of amides is 1. The summed E-state index contributed by atoms with van der Waals surface area (Å²) >= 11 is 0. The lowest BCUT2D eigenvalue weighted by molar-refractivity contribution is -0.114. The highest BCUT2D eigenvalue weighted by atomic mass is 16.1. The fourth-order valence-electron chi connectivity index (χ4n) is 0.207. The normalized spacial score (nSPS) is 10.9. The summed E-state index contributed by atoms with van der Waals surface area (Å²) < 4.78 is 0. The molecule has 0 radical (unpaired) electrons. The van der Waals surface area contributed by atoms with Gasteiger partial charge in [0.1, 0.15) is 0 Å². The summed E-state index contributed by atoms with van der Waals surface area (Å²) in [6.07, 6.45) is 2.38. The smallest absolute Gasteiger partial charge is 0.244 e. The molecule has 0 aliphatic heterocycles. The van der Waals surface area contributed by atoms with E-state index in [4.69, 9.17) is 11.1 Å². The molecule has 0 aliphatic carbocycles. The molecule has 0 aromatic carbocycles. The Morgan fingerprint density at radius 2 is 2.25 bits per heavy atom. The SMILES string of the molecule is CC(=CC=N)C(N)=O. The van der Waals surface area contributed by atoms with Crippen LogP contribution in [-0.2, 0) is 4.79 Å². The van der Waals surface area contributed by atoms with E-state index in [1.54, 1.807) is 6.92 Å². The number of hydrogen-bond acceptors (Lipinski definition) is 2. The Morgan fingerprint density at radius 3 is 2.38 bits per heavy atom. The molecule has 44 valence electrons.